The van der Waals surface area contributed by atoms with Gasteiger partial charge in [-0.3, -0.25) is 0 Å². The maximum absolute atomic E-state index is 14.2. The molecule has 0 aromatic heterocycles. The van der Waals surface area contributed by atoms with E-state index in [0.717, 1.165) is 23.6 Å². The van der Waals surface area contributed by atoms with Crippen molar-refractivity contribution in [3.05, 3.63) is 65.5 Å². The maximum atomic E-state index is 14.2. The number of hydrogen-bond acceptors (Lipinski definition) is 0. The summed E-state index contributed by atoms with van der Waals surface area (Å²) < 4.78 is 64.7. The summed E-state index contributed by atoms with van der Waals surface area (Å²) in [6.45, 7) is 2.22. The third-order valence-electron chi connectivity index (χ3n) is 5.78. The van der Waals surface area contributed by atoms with Crippen LogP contribution in [0.25, 0.3) is 17.0 Å². The summed E-state index contributed by atoms with van der Waals surface area (Å²) in [5, 5.41) is 0. The van der Waals surface area contributed by atoms with E-state index in [2.05, 4.69) is 6.92 Å². The highest BCUT2D eigenvalue weighted by atomic mass is 19.4. The Hall–Kier alpha value is -2.17. The normalized spacial score (nSPS) is 20.7. The van der Waals surface area contributed by atoms with Crippen molar-refractivity contribution in [1.82, 2.24) is 0 Å². The number of halogens is 5. The fourth-order valence-electron chi connectivity index (χ4n) is 4.25. The first-order chi connectivity index (χ1) is 13.8. The van der Waals surface area contributed by atoms with Gasteiger partial charge in [-0.2, -0.15) is 13.2 Å². The van der Waals surface area contributed by atoms with Crippen molar-refractivity contribution < 1.29 is 22.0 Å². The average Bonchev–Trinajstić information content (AvgIpc) is 2.67. The summed E-state index contributed by atoms with van der Waals surface area (Å²) in [6.07, 6.45) is 2.03. The van der Waals surface area contributed by atoms with Gasteiger partial charge in [-0.05, 0) is 66.3 Å². The Labute approximate surface area is 168 Å². The molecule has 0 aliphatic heterocycles. The molecule has 29 heavy (non-hydrogen) atoms. The zero-order chi connectivity index (χ0) is 21.0. The highest BCUT2D eigenvalue weighted by Gasteiger charge is 2.26. The van der Waals surface area contributed by atoms with Crippen LogP contribution in [-0.2, 0) is 0 Å². The van der Waals surface area contributed by atoms with E-state index in [0.29, 0.717) is 11.5 Å². The fourth-order valence-corrected chi connectivity index (χ4v) is 4.25. The van der Waals surface area contributed by atoms with Crippen molar-refractivity contribution in [3.63, 3.8) is 0 Å². The molecule has 0 N–H and O–H groups in total. The van der Waals surface area contributed by atoms with Crippen LogP contribution in [0.5, 0.6) is 0 Å². The molecule has 0 unspecified atom stereocenters. The molecule has 0 amide bonds. The molecule has 0 saturated heterocycles. The van der Waals surface area contributed by atoms with Gasteiger partial charge in [-0.1, -0.05) is 50.1 Å². The van der Waals surface area contributed by atoms with E-state index in [-0.39, 0.29) is 0 Å². The Morgan fingerprint density at radius 3 is 2.14 bits per heavy atom. The van der Waals surface area contributed by atoms with Crippen molar-refractivity contribution >= 4 is 5.83 Å². The van der Waals surface area contributed by atoms with Crippen LogP contribution in [0.3, 0.4) is 0 Å². The highest BCUT2D eigenvalue weighted by molar-refractivity contribution is 5.68. The summed E-state index contributed by atoms with van der Waals surface area (Å²) in [4.78, 5) is 0. The molecule has 2 aromatic rings. The topological polar surface area (TPSA) is 0 Å². The summed E-state index contributed by atoms with van der Waals surface area (Å²) in [6, 6.07) is 11.4. The molecule has 0 bridgehead atoms. The van der Waals surface area contributed by atoms with Gasteiger partial charge in [0, 0.05) is 5.56 Å². The van der Waals surface area contributed by atoms with Crippen LogP contribution in [-0.4, -0.2) is 6.18 Å². The van der Waals surface area contributed by atoms with Gasteiger partial charge in [-0.25, -0.2) is 8.78 Å². The van der Waals surface area contributed by atoms with Gasteiger partial charge in [0.1, 0.15) is 11.6 Å². The van der Waals surface area contributed by atoms with Crippen molar-refractivity contribution in [2.75, 3.05) is 0 Å². The van der Waals surface area contributed by atoms with Crippen LogP contribution in [0.4, 0.5) is 22.0 Å². The third-order valence-corrected chi connectivity index (χ3v) is 5.78. The SMILES string of the molecule is CCCC1CCC(c2ccc(-c3ccc(/C(F)=C/C(F)(F)F)c(F)c3)cc2)CC1. The van der Waals surface area contributed by atoms with Gasteiger partial charge in [0.25, 0.3) is 0 Å². The molecule has 2 aromatic carbocycles. The Morgan fingerprint density at radius 1 is 0.966 bits per heavy atom. The second-order valence-electron chi connectivity index (χ2n) is 7.86. The number of alkyl halides is 3. The van der Waals surface area contributed by atoms with Crippen LogP contribution in [0.1, 0.15) is 62.5 Å². The predicted molar refractivity (Wildman–Crippen MR) is 107 cm³/mol. The minimum absolute atomic E-state index is 0.504. The van der Waals surface area contributed by atoms with E-state index in [1.807, 2.05) is 24.3 Å². The first-order valence-corrected chi connectivity index (χ1v) is 10.1. The third kappa shape index (κ3) is 5.68. The first-order valence-electron chi connectivity index (χ1n) is 10.1. The monoisotopic (exact) mass is 408 g/mol. The number of allylic oxidation sites excluding steroid dienone is 1. The van der Waals surface area contributed by atoms with Crippen LogP contribution < -0.4 is 0 Å². The van der Waals surface area contributed by atoms with E-state index in [9.17, 15) is 22.0 Å². The van der Waals surface area contributed by atoms with Crippen molar-refractivity contribution in [2.45, 2.75) is 57.5 Å². The number of benzene rings is 2. The standard InChI is InChI=1S/C24H25F5/c1-2-3-16-4-6-17(7-5-16)18-8-10-19(11-9-18)20-12-13-21(22(25)14-20)23(26)15-24(27,28)29/h8-17H,2-7H2,1H3/b23-15-. The second kappa shape index (κ2) is 9.10. The maximum Gasteiger partial charge on any atom is 0.412 e. The molecule has 1 fully saturated rings. The van der Waals surface area contributed by atoms with Gasteiger partial charge in [0.15, 0.2) is 0 Å². The Morgan fingerprint density at radius 2 is 1.59 bits per heavy atom. The molecule has 1 aliphatic rings. The van der Waals surface area contributed by atoms with E-state index >= 15 is 0 Å². The highest BCUT2D eigenvalue weighted by Crippen LogP contribution is 2.38. The minimum Gasteiger partial charge on any atom is -0.206 e. The Bertz CT molecular complexity index is 841. The van der Waals surface area contributed by atoms with Gasteiger partial charge in [0.2, 0.25) is 0 Å². The smallest absolute Gasteiger partial charge is 0.206 e. The fraction of sp³-hybridized carbons (Fsp3) is 0.417. The summed E-state index contributed by atoms with van der Waals surface area (Å²) in [5.41, 5.74) is 1.83. The molecular formula is C24H25F5. The van der Waals surface area contributed by atoms with Crippen LogP contribution in [0.15, 0.2) is 48.5 Å². The minimum atomic E-state index is -4.83. The quantitative estimate of drug-likeness (QED) is 0.436. The number of rotatable bonds is 5. The van der Waals surface area contributed by atoms with Gasteiger partial charge >= 0.3 is 6.18 Å². The lowest BCUT2D eigenvalue weighted by atomic mass is 9.77. The predicted octanol–water partition coefficient (Wildman–Crippen LogP) is 8.44. The van der Waals surface area contributed by atoms with Crippen molar-refractivity contribution in [2.24, 2.45) is 5.92 Å². The molecular weight excluding hydrogens is 383 g/mol. The molecule has 0 heterocycles. The zero-order valence-corrected chi connectivity index (χ0v) is 16.4. The van der Waals surface area contributed by atoms with E-state index in [1.54, 1.807) is 0 Å². The number of hydrogen-bond donors (Lipinski definition) is 0. The molecule has 1 saturated carbocycles. The molecule has 1 aliphatic carbocycles. The average molecular weight is 408 g/mol. The molecule has 5 heteroatoms. The zero-order valence-electron chi connectivity index (χ0n) is 16.4. The van der Waals surface area contributed by atoms with Crippen LogP contribution in [0, 0.1) is 11.7 Å². The lowest BCUT2D eigenvalue weighted by Gasteiger charge is -2.28. The van der Waals surface area contributed by atoms with Crippen LogP contribution >= 0.6 is 0 Å². The Balaban J connectivity index is 1.72. The van der Waals surface area contributed by atoms with Crippen molar-refractivity contribution in [1.29, 1.82) is 0 Å². The lowest BCUT2D eigenvalue weighted by molar-refractivity contribution is -0.0798. The summed E-state index contributed by atoms with van der Waals surface area (Å²) >= 11 is 0. The molecule has 0 spiro atoms. The van der Waals surface area contributed by atoms with Gasteiger partial charge in [0.05, 0.1) is 6.08 Å². The molecule has 0 atom stereocenters. The van der Waals surface area contributed by atoms with E-state index < -0.39 is 29.5 Å². The summed E-state index contributed by atoms with van der Waals surface area (Å²) in [7, 11) is 0. The van der Waals surface area contributed by atoms with Crippen LogP contribution in [0.2, 0.25) is 0 Å². The molecule has 156 valence electrons. The largest absolute Gasteiger partial charge is 0.412 e. The van der Waals surface area contributed by atoms with E-state index in [4.69, 9.17) is 0 Å². The Kier molecular flexibility index (Phi) is 6.76. The van der Waals surface area contributed by atoms with E-state index in [1.165, 1.54) is 50.2 Å². The summed E-state index contributed by atoms with van der Waals surface area (Å²) in [5.74, 6) is -1.27. The lowest BCUT2D eigenvalue weighted by Crippen LogP contribution is -2.13. The van der Waals surface area contributed by atoms with Crippen molar-refractivity contribution in [3.8, 4) is 11.1 Å². The first kappa shape index (κ1) is 21.5. The van der Waals surface area contributed by atoms with Gasteiger partial charge in [-0.15, -0.1) is 0 Å². The van der Waals surface area contributed by atoms with Gasteiger partial charge < -0.3 is 0 Å². The molecule has 3 rings (SSSR count). The molecule has 0 radical (unpaired) electrons. The second-order valence-corrected chi connectivity index (χ2v) is 7.86. The molecule has 0 nitrogen and oxygen atoms in total.